The van der Waals surface area contributed by atoms with Gasteiger partial charge in [0.25, 0.3) is 0 Å². The molecule has 0 bridgehead atoms. The number of nitrogens with one attached hydrogen (secondary N) is 1. The zero-order chi connectivity index (χ0) is 10.9. The lowest BCUT2D eigenvalue weighted by Gasteiger charge is -2.04. The third-order valence-corrected chi connectivity index (χ3v) is 3.19. The van der Waals surface area contributed by atoms with Crippen LogP contribution in [0.5, 0.6) is 0 Å². The number of rotatable bonds is 2. The third-order valence-electron chi connectivity index (χ3n) is 2.04. The van der Waals surface area contributed by atoms with Crippen molar-refractivity contribution in [1.82, 2.24) is 9.97 Å². The normalized spacial score (nSPS) is 11.5. The first-order chi connectivity index (χ1) is 7.09. The Morgan fingerprint density at radius 2 is 2.00 bits per heavy atom. The Morgan fingerprint density at radius 3 is 2.60 bits per heavy atom. The van der Waals surface area contributed by atoms with Gasteiger partial charge in [0.15, 0.2) is 9.84 Å². The molecule has 0 aliphatic carbocycles. The molecule has 0 unspecified atom stereocenters. The number of aromatic amines is 1. The minimum absolute atomic E-state index is 0.292. The van der Waals surface area contributed by atoms with Crippen LogP contribution < -0.4 is 0 Å². The number of hydrogen-bond acceptors (Lipinski definition) is 3. The Labute approximate surface area is 87.9 Å². The van der Waals surface area contributed by atoms with Crippen LogP contribution in [0.1, 0.15) is 0 Å². The molecule has 1 aromatic heterocycles. The molecule has 0 radical (unpaired) electrons. The van der Waals surface area contributed by atoms with Gasteiger partial charge in [-0.25, -0.2) is 13.4 Å². The van der Waals surface area contributed by atoms with Gasteiger partial charge in [-0.2, -0.15) is 0 Å². The number of imidazole rings is 1. The van der Waals surface area contributed by atoms with Crippen LogP contribution in [0.15, 0.2) is 41.6 Å². The van der Waals surface area contributed by atoms with Crippen molar-refractivity contribution in [1.29, 1.82) is 0 Å². The molecule has 1 heterocycles. The maximum absolute atomic E-state index is 11.5. The van der Waals surface area contributed by atoms with E-state index in [0.717, 1.165) is 0 Å². The van der Waals surface area contributed by atoms with Crippen LogP contribution in [-0.4, -0.2) is 24.6 Å². The van der Waals surface area contributed by atoms with Crippen molar-refractivity contribution >= 4 is 9.84 Å². The fraction of sp³-hybridized carbons (Fsp3) is 0.100. The first kappa shape index (κ1) is 9.92. The smallest absolute Gasteiger partial charge is 0.176 e. The van der Waals surface area contributed by atoms with Crippen molar-refractivity contribution < 1.29 is 8.42 Å². The van der Waals surface area contributed by atoms with E-state index in [9.17, 15) is 8.42 Å². The van der Waals surface area contributed by atoms with Crippen LogP contribution in [-0.2, 0) is 9.84 Å². The minimum Gasteiger partial charge on any atom is -0.345 e. The molecule has 4 nitrogen and oxygen atoms in total. The van der Waals surface area contributed by atoms with E-state index < -0.39 is 9.84 Å². The Bertz CT molecular complexity index is 559. The summed E-state index contributed by atoms with van der Waals surface area (Å²) in [6.45, 7) is 0. The lowest BCUT2D eigenvalue weighted by atomic mass is 10.2. The zero-order valence-electron chi connectivity index (χ0n) is 8.14. The van der Waals surface area contributed by atoms with Crippen LogP contribution >= 0.6 is 0 Å². The number of hydrogen-bond donors (Lipinski definition) is 1. The number of aromatic nitrogens is 2. The van der Waals surface area contributed by atoms with Crippen molar-refractivity contribution in [3.05, 3.63) is 36.7 Å². The van der Waals surface area contributed by atoms with Gasteiger partial charge < -0.3 is 4.98 Å². The van der Waals surface area contributed by atoms with Crippen LogP contribution in [0, 0.1) is 0 Å². The molecule has 0 fully saturated rings. The second-order valence-corrected chi connectivity index (χ2v) is 5.19. The second-order valence-electron chi connectivity index (χ2n) is 3.21. The molecule has 2 rings (SSSR count). The molecule has 0 amide bonds. The van der Waals surface area contributed by atoms with Crippen LogP contribution in [0.3, 0.4) is 0 Å². The van der Waals surface area contributed by atoms with E-state index in [1.165, 1.54) is 6.26 Å². The van der Waals surface area contributed by atoms with E-state index >= 15 is 0 Å². The monoisotopic (exact) mass is 222 g/mol. The predicted octanol–water partition coefficient (Wildman–Crippen LogP) is 1.48. The molecular formula is C10H10N2O2S. The van der Waals surface area contributed by atoms with Crippen molar-refractivity contribution in [2.45, 2.75) is 4.90 Å². The van der Waals surface area contributed by atoms with Crippen molar-refractivity contribution in [2.75, 3.05) is 6.26 Å². The predicted molar refractivity (Wildman–Crippen MR) is 57.1 cm³/mol. The average molecular weight is 222 g/mol. The van der Waals surface area contributed by atoms with Crippen LogP contribution in [0.2, 0.25) is 0 Å². The van der Waals surface area contributed by atoms with Gasteiger partial charge in [0.2, 0.25) is 0 Å². The van der Waals surface area contributed by atoms with Gasteiger partial charge >= 0.3 is 0 Å². The summed E-state index contributed by atoms with van der Waals surface area (Å²) < 4.78 is 23.0. The average Bonchev–Trinajstić information content (AvgIpc) is 2.69. The molecule has 0 aliphatic rings. The first-order valence-electron chi connectivity index (χ1n) is 4.38. The lowest BCUT2D eigenvalue weighted by molar-refractivity contribution is 0.602. The Balaban J connectivity index is 2.68. The van der Waals surface area contributed by atoms with Gasteiger partial charge in [-0.05, 0) is 12.1 Å². The van der Waals surface area contributed by atoms with Crippen molar-refractivity contribution in [2.24, 2.45) is 0 Å². The highest BCUT2D eigenvalue weighted by Gasteiger charge is 2.14. The Kier molecular flexibility index (Phi) is 2.32. The first-order valence-corrected chi connectivity index (χ1v) is 6.27. The summed E-state index contributed by atoms with van der Waals surface area (Å²) in [5.74, 6) is 0.566. The van der Waals surface area contributed by atoms with Gasteiger partial charge in [0.1, 0.15) is 5.82 Å². The van der Waals surface area contributed by atoms with E-state index in [4.69, 9.17) is 0 Å². The SMILES string of the molecule is CS(=O)(=O)c1ccccc1-c1ncc[nH]1. The molecule has 2 aromatic rings. The molecule has 1 N–H and O–H groups in total. The molecule has 0 saturated heterocycles. The van der Waals surface area contributed by atoms with E-state index in [2.05, 4.69) is 9.97 Å². The molecule has 1 aromatic carbocycles. The van der Waals surface area contributed by atoms with E-state index in [1.54, 1.807) is 36.7 Å². The van der Waals surface area contributed by atoms with Gasteiger partial charge in [-0.3, -0.25) is 0 Å². The molecule has 0 saturated carbocycles. The second kappa shape index (κ2) is 3.51. The minimum atomic E-state index is -3.22. The highest BCUT2D eigenvalue weighted by Crippen LogP contribution is 2.23. The van der Waals surface area contributed by atoms with Crippen LogP contribution in [0.25, 0.3) is 11.4 Å². The summed E-state index contributed by atoms with van der Waals surface area (Å²) in [5, 5.41) is 0. The van der Waals surface area contributed by atoms with Crippen molar-refractivity contribution in [3.63, 3.8) is 0 Å². The molecule has 78 valence electrons. The van der Waals surface area contributed by atoms with E-state index in [1.807, 2.05) is 0 Å². The van der Waals surface area contributed by atoms with Crippen LogP contribution in [0.4, 0.5) is 0 Å². The summed E-state index contributed by atoms with van der Waals surface area (Å²) in [6.07, 6.45) is 4.44. The lowest BCUT2D eigenvalue weighted by Crippen LogP contribution is -2.00. The highest BCUT2D eigenvalue weighted by atomic mass is 32.2. The number of benzene rings is 1. The Hall–Kier alpha value is -1.62. The summed E-state index contributed by atoms with van der Waals surface area (Å²) in [4.78, 5) is 7.22. The number of sulfone groups is 1. The van der Waals surface area contributed by atoms with Gasteiger partial charge in [-0.1, -0.05) is 12.1 Å². The topological polar surface area (TPSA) is 62.8 Å². The molecule has 15 heavy (non-hydrogen) atoms. The molecular weight excluding hydrogens is 212 g/mol. The van der Waals surface area contributed by atoms with E-state index in [-0.39, 0.29) is 0 Å². The molecule has 0 aliphatic heterocycles. The maximum atomic E-state index is 11.5. The summed E-state index contributed by atoms with van der Waals surface area (Å²) in [7, 11) is -3.22. The quantitative estimate of drug-likeness (QED) is 0.837. The Morgan fingerprint density at radius 1 is 1.27 bits per heavy atom. The molecule has 0 spiro atoms. The molecule has 5 heteroatoms. The largest absolute Gasteiger partial charge is 0.345 e. The van der Waals surface area contributed by atoms with E-state index in [0.29, 0.717) is 16.3 Å². The fourth-order valence-corrected chi connectivity index (χ4v) is 2.29. The highest BCUT2D eigenvalue weighted by molar-refractivity contribution is 7.90. The number of H-pyrrole nitrogens is 1. The van der Waals surface area contributed by atoms with Gasteiger partial charge in [0, 0.05) is 24.2 Å². The van der Waals surface area contributed by atoms with Crippen molar-refractivity contribution in [3.8, 4) is 11.4 Å². The summed E-state index contributed by atoms with van der Waals surface area (Å²) in [6, 6.07) is 6.79. The molecule has 0 atom stereocenters. The maximum Gasteiger partial charge on any atom is 0.176 e. The van der Waals surface area contributed by atoms with Gasteiger partial charge in [-0.15, -0.1) is 0 Å². The zero-order valence-corrected chi connectivity index (χ0v) is 8.95. The van der Waals surface area contributed by atoms with Gasteiger partial charge in [0.05, 0.1) is 4.90 Å². The summed E-state index contributed by atoms with van der Waals surface area (Å²) in [5.41, 5.74) is 0.602. The fourth-order valence-electron chi connectivity index (χ4n) is 1.40. The third kappa shape index (κ3) is 1.92. The number of nitrogens with zero attached hydrogens (tertiary/aromatic N) is 1. The standard InChI is InChI=1S/C10H10N2O2S/c1-15(13,14)9-5-3-2-4-8(9)10-11-6-7-12-10/h2-7H,1H3,(H,11,12). The summed E-state index contributed by atoms with van der Waals surface area (Å²) >= 11 is 0.